The van der Waals surface area contributed by atoms with Crippen LogP contribution < -0.4 is 10.6 Å². The topological polar surface area (TPSA) is 127 Å². The fourth-order valence-corrected chi connectivity index (χ4v) is 8.94. The van der Waals surface area contributed by atoms with Gasteiger partial charge in [0.2, 0.25) is 11.8 Å². The van der Waals surface area contributed by atoms with E-state index in [0.29, 0.717) is 52.0 Å². The van der Waals surface area contributed by atoms with Gasteiger partial charge in [0, 0.05) is 75.9 Å². The molecule has 3 aromatic carbocycles. The van der Waals surface area contributed by atoms with Crippen LogP contribution in [-0.4, -0.2) is 45.7 Å². The van der Waals surface area contributed by atoms with Crippen molar-refractivity contribution in [3.05, 3.63) is 156 Å². The second-order valence-corrected chi connectivity index (χ2v) is 17.4. The molecule has 0 radical (unpaired) electrons. The van der Waals surface area contributed by atoms with Crippen molar-refractivity contribution in [2.45, 2.75) is 86.9 Å². The maximum Gasteiger partial charge on any atom is 0.234 e. The van der Waals surface area contributed by atoms with Crippen LogP contribution in [0.2, 0.25) is 0 Å². The first-order chi connectivity index (χ1) is 29.5. The largest absolute Gasteiger partial charge is 0.361 e. The van der Waals surface area contributed by atoms with E-state index in [-0.39, 0.29) is 24.2 Å². The Hall–Kier alpha value is -6.46. The molecule has 4 fully saturated rings. The number of para-hydroxylation sites is 1. The number of anilines is 2. The zero-order chi connectivity index (χ0) is 39.9. The Morgan fingerprint density at radius 3 is 1.69 bits per heavy atom. The van der Waals surface area contributed by atoms with Crippen LogP contribution in [0.4, 0.5) is 11.4 Å². The lowest BCUT2D eigenvalue weighted by Gasteiger charge is -2.25. The number of carbonyl (C=O) groups excluding carboxylic acids is 2. The summed E-state index contributed by atoms with van der Waals surface area (Å²) in [6.07, 6.45) is 15.2. The van der Waals surface area contributed by atoms with Crippen LogP contribution in [0.5, 0.6) is 0 Å². The highest BCUT2D eigenvalue weighted by atomic mass is 35.5. The number of aromatic amines is 1. The molecule has 0 spiro atoms. The summed E-state index contributed by atoms with van der Waals surface area (Å²) < 4.78 is 6.08. The molecule has 306 valence electrons. The van der Waals surface area contributed by atoms with Crippen LogP contribution in [-0.2, 0) is 9.59 Å². The predicted octanol–water partition coefficient (Wildman–Crippen LogP) is 10.3. The van der Waals surface area contributed by atoms with Gasteiger partial charge in [-0.2, -0.15) is 10.2 Å². The van der Waals surface area contributed by atoms with Gasteiger partial charge in [0.15, 0.2) is 0 Å². The van der Waals surface area contributed by atoms with E-state index in [2.05, 4.69) is 37.1 Å². The maximum atomic E-state index is 15.0. The second kappa shape index (κ2) is 14.9. The SMILES string of the molecule is Cl.O=C(Nc1ccc(-n2nc(C3CC3)cc2C2CC2)cc1)C(c1cn2ccccc2n1)C(C(=O)Nc1ccc(-n2nc(C3CC3)cc2C2CC2)cc1)c1c[nH]c2ccccc12. The Morgan fingerprint density at radius 1 is 0.623 bits per heavy atom. The van der Waals surface area contributed by atoms with E-state index >= 15 is 4.79 Å². The Morgan fingerprint density at radius 2 is 1.15 bits per heavy atom. The Labute approximate surface area is 359 Å². The molecule has 12 rings (SSSR count). The van der Waals surface area contributed by atoms with Crippen molar-refractivity contribution in [1.29, 1.82) is 0 Å². The van der Waals surface area contributed by atoms with Crippen molar-refractivity contribution < 1.29 is 9.59 Å². The summed E-state index contributed by atoms with van der Waals surface area (Å²) in [6.45, 7) is 0. The number of fused-ring (bicyclic) bond motifs is 2. The third-order valence-corrected chi connectivity index (χ3v) is 12.8. The molecule has 61 heavy (non-hydrogen) atoms. The Bertz CT molecular complexity index is 2890. The molecular formula is C49H46ClN9O2. The van der Waals surface area contributed by atoms with Gasteiger partial charge in [-0.1, -0.05) is 24.3 Å². The molecule has 2 atom stereocenters. The van der Waals surface area contributed by atoms with Gasteiger partial charge in [-0.15, -0.1) is 12.4 Å². The third-order valence-electron chi connectivity index (χ3n) is 12.8. The van der Waals surface area contributed by atoms with Gasteiger partial charge in [0.25, 0.3) is 0 Å². The van der Waals surface area contributed by atoms with Gasteiger partial charge in [-0.25, -0.2) is 14.3 Å². The van der Waals surface area contributed by atoms with Gasteiger partial charge in [0.1, 0.15) is 5.65 Å². The summed E-state index contributed by atoms with van der Waals surface area (Å²) in [6, 6.07) is 34.0. The molecular weight excluding hydrogens is 782 g/mol. The van der Waals surface area contributed by atoms with Gasteiger partial charge >= 0.3 is 0 Å². The summed E-state index contributed by atoms with van der Waals surface area (Å²) in [7, 11) is 0. The zero-order valence-corrected chi connectivity index (χ0v) is 34.4. The Kier molecular flexibility index (Phi) is 9.18. The van der Waals surface area contributed by atoms with E-state index in [1.807, 2.05) is 114 Å². The number of amides is 2. The lowest BCUT2D eigenvalue weighted by atomic mass is 9.82. The molecule has 4 aliphatic carbocycles. The quantitative estimate of drug-likeness (QED) is 0.107. The van der Waals surface area contributed by atoms with E-state index in [9.17, 15) is 4.79 Å². The second-order valence-electron chi connectivity index (χ2n) is 17.4. The van der Waals surface area contributed by atoms with Crippen molar-refractivity contribution in [3.63, 3.8) is 0 Å². The lowest BCUT2D eigenvalue weighted by molar-refractivity contribution is -0.124. The van der Waals surface area contributed by atoms with E-state index < -0.39 is 11.8 Å². The first kappa shape index (κ1) is 37.5. The van der Waals surface area contributed by atoms with E-state index in [4.69, 9.17) is 15.2 Å². The van der Waals surface area contributed by atoms with Gasteiger partial charge < -0.3 is 20.0 Å². The zero-order valence-electron chi connectivity index (χ0n) is 33.6. The molecule has 11 nitrogen and oxygen atoms in total. The fourth-order valence-electron chi connectivity index (χ4n) is 8.94. The number of nitrogens with one attached hydrogen (secondary N) is 3. The molecule has 5 aromatic heterocycles. The van der Waals surface area contributed by atoms with E-state index in [1.165, 1.54) is 74.1 Å². The number of halogens is 1. The molecule has 0 bridgehead atoms. The van der Waals surface area contributed by atoms with E-state index in [0.717, 1.165) is 22.3 Å². The van der Waals surface area contributed by atoms with E-state index in [1.54, 1.807) is 0 Å². The van der Waals surface area contributed by atoms with Crippen LogP contribution in [0, 0.1) is 0 Å². The minimum atomic E-state index is -0.997. The monoisotopic (exact) mass is 827 g/mol. The number of aromatic nitrogens is 7. The number of H-pyrrole nitrogens is 1. The standard InChI is InChI=1S/C49H45N9O2.ClH/c59-48(51-33-16-20-35(21-17-33)57-43(31-12-13-31)25-40(54-57)29-8-9-29)46(38-27-50-39-6-2-1-5-37(38)39)47(42-28-56-24-4-3-7-45(56)53-42)49(60)52-34-18-22-36(23-19-34)58-44(32-14-15-32)26-41(55-58)30-10-11-30;/h1-7,16-32,46-47,50H,8-15H2,(H,51,59)(H,52,60);1H. The van der Waals surface area contributed by atoms with Crippen LogP contribution in [0.1, 0.15) is 121 Å². The average Bonchev–Trinajstić information content (AvgIpc) is 4.10. The van der Waals surface area contributed by atoms with Crippen molar-refractivity contribution >= 4 is 52.1 Å². The predicted molar refractivity (Wildman–Crippen MR) is 239 cm³/mol. The fraction of sp³-hybridized carbons (Fsp3) is 0.286. The average molecular weight is 828 g/mol. The third kappa shape index (κ3) is 7.20. The van der Waals surface area contributed by atoms with Crippen LogP contribution >= 0.6 is 12.4 Å². The van der Waals surface area contributed by atoms with Crippen LogP contribution in [0.25, 0.3) is 27.9 Å². The normalized spacial score (nSPS) is 17.2. The number of imidazole rings is 1. The number of hydrogen-bond acceptors (Lipinski definition) is 5. The van der Waals surface area contributed by atoms with Gasteiger partial charge in [0.05, 0.1) is 40.3 Å². The van der Waals surface area contributed by atoms with Crippen LogP contribution in [0.3, 0.4) is 0 Å². The number of hydrogen-bond donors (Lipinski definition) is 3. The summed E-state index contributed by atoms with van der Waals surface area (Å²) in [5, 5.41) is 17.3. The summed E-state index contributed by atoms with van der Waals surface area (Å²) >= 11 is 0. The number of rotatable bonds is 13. The number of pyridine rings is 1. The molecule has 4 saturated carbocycles. The van der Waals surface area contributed by atoms with Crippen molar-refractivity contribution in [1.82, 2.24) is 33.9 Å². The highest BCUT2D eigenvalue weighted by Crippen LogP contribution is 2.47. The summed E-state index contributed by atoms with van der Waals surface area (Å²) in [5.74, 6) is -0.347. The van der Waals surface area contributed by atoms with Crippen molar-refractivity contribution in [2.75, 3.05) is 10.6 Å². The molecule has 5 heterocycles. The number of nitrogens with zero attached hydrogens (tertiary/aromatic N) is 6. The van der Waals surface area contributed by atoms with Gasteiger partial charge in [-0.3, -0.25) is 9.59 Å². The minimum Gasteiger partial charge on any atom is -0.361 e. The molecule has 8 aromatic rings. The highest BCUT2D eigenvalue weighted by Gasteiger charge is 2.40. The minimum absolute atomic E-state index is 0. The molecule has 0 aliphatic heterocycles. The number of benzene rings is 3. The van der Waals surface area contributed by atoms with Crippen molar-refractivity contribution in [2.24, 2.45) is 0 Å². The highest BCUT2D eigenvalue weighted by molar-refractivity contribution is 6.06. The smallest absolute Gasteiger partial charge is 0.234 e. The molecule has 4 aliphatic rings. The summed E-state index contributed by atoms with van der Waals surface area (Å²) in [5.41, 5.74) is 10.9. The first-order valence-corrected chi connectivity index (χ1v) is 21.5. The molecule has 3 N–H and O–H groups in total. The summed E-state index contributed by atoms with van der Waals surface area (Å²) in [4.78, 5) is 38.3. The first-order valence-electron chi connectivity index (χ1n) is 21.5. The van der Waals surface area contributed by atoms with Crippen LogP contribution in [0.15, 0.2) is 122 Å². The molecule has 12 heteroatoms. The van der Waals surface area contributed by atoms with Gasteiger partial charge in [-0.05, 0) is 136 Å². The molecule has 0 saturated heterocycles. The number of carbonyl (C=O) groups is 2. The molecule has 2 unspecified atom stereocenters. The molecule has 2 amide bonds. The lowest BCUT2D eigenvalue weighted by Crippen LogP contribution is -2.34. The maximum absolute atomic E-state index is 15.0. The van der Waals surface area contributed by atoms with Crippen molar-refractivity contribution in [3.8, 4) is 11.4 Å². The Balaban J connectivity index is 0.00000420.